The van der Waals surface area contributed by atoms with Crippen molar-refractivity contribution in [3.63, 3.8) is 0 Å². The largest absolute Gasteiger partial charge is 0.457 e. The van der Waals surface area contributed by atoms with Gasteiger partial charge in [-0.05, 0) is 37.1 Å². The van der Waals surface area contributed by atoms with Crippen molar-refractivity contribution >= 4 is 34.6 Å². The van der Waals surface area contributed by atoms with Gasteiger partial charge in [0.05, 0.1) is 31.7 Å². The Balaban J connectivity index is 2.42. The van der Waals surface area contributed by atoms with Gasteiger partial charge in [-0.3, -0.25) is 20.2 Å². The van der Waals surface area contributed by atoms with Crippen LogP contribution in [-0.4, -0.2) is 9.85 Å². The molecule has 0 saturated carbocycles. The predicted molar refractivity (Wildman–Crippen MR) is 104 cm³/mol. The van der Waals surface area contributed by atoms with Crippen LogP contribution in [0.5, 0.6) is 11.5 Å². The second-order valence-corrected chi connectivity index (χ2v) is 6.86. The molecule has 2 atom stereocenters. The summed E-state index contributed by atoms with van der Waals surface area (Å²) in [5.74, 6) is 0.689. The summed E-state index contributed by atoms with van der Waals surface area (Å²) < 4.78 is 5.76. The van der Waals surface area contributed by atoms with E-state index in [1.807, 2.05) is 13.8 Å². The Morgan fingerprint density at radius 1 is 0.852 bits per heavy atom. The van der Waals surface area contributed by atoms with Crippen LogP contribution in [0.4, 0.5) is 11.4 Å². The van der Waals surface area contributed by atoms with Crippen molar-refractivity contribution in [1.29, 1.82) is 0 Å². The molecule has 0 amide bonds. The third-order valence-corrected chi connectivity index (χ3v) is 5.11. The molecule has 0 aliphatic rings. The number of ether oxygens (including phenoxy) is 1. The van der Waals surface area contributed by atoms with Crippen LogP contribution >= 0.6 is 23.2 Å². The molecule has 0 heterocycles. The third kappa shape index (κ3) is 4.87. The van der Waals surface area contributed by atoms with Crippen LogP contribution in [0, 0.1) is 20.2 Å². The first-order valence-corrected chi connectivity index (χ1v) is 9.18. The van der Waals surface area contributed by atoms with Crippen LogP contribution in [-0.2, 0) is 0 Å². The van der Waals surface area contributed by atoms with Crippen molar-refractivity contribution in [1.82, 2.24) is 0 Å². The Morgan fingerprint density at radius 3 is 1.52 bits per heavy atom. The topological polar surface area (TPSA) is 95.5 Å². The van der Waals surface area contributed by atoms with E-state index in [2.05, 4.69) is 0 Å². The smallest absolute Gasteiger partial charge is 0.274 e. The van der Waals surface area contributed by atoms with Crippen LogP contribution in [0.2, 0.25) is 0 Å². The first-order chi connectivity index (χ1) is 12.8. The van der Waals surface area contributed by atoms with Gasteiger partial charge in [0.25, 0.3) is 11.4 Å². The molecule has 0 spiro atoms. The Bertz CT molecular complexity index is 790. The SMILES string of the molecule is CCC(Cl)c1cc(Oc2ccc([N+](=O)[O-])c(C(Cl)CC)c2)ccc1[N+](=O)[O-]. The summed E-state index contributed by atoms with van der Waals surface area (Å²) in [4.78, 5) is 21.4. The lowest BCUT2D eigenvalue weighted by atomic mass is 10.1. The predicted octanol–water partition coefficient (Wildman–Crippen LogP) is 6.68. The highest BCUT2D eigenvalue weighted by atomic mass is 35.5. The zero-order valence-corrected chi connectivity index (χ0v) is 16.2. The van der Waals surface area contributed by atoms with Crippen LogP contribution in [0.1, 0.15) is 48.6 Å². The summed E-state index contributed by atoms with van der Waals surface area (Å²) in [6, 6.07) is 8.60. The number of rotatable bonds is 8. The second-order valence-electron chi connectivity index (χ2n) is 5.81. The molecular weight excluding hydrogens is 395 g/mol. The summed E-state index contributed by atoms with van der Waals surface area (Å²) in [5.41, 5.74) is 0.543. The van der Waals surface area contributed by atoms with Crippen molar-refractivity contribution in [2.75, 3.05) is 0 Å². The number of nitro benzene ring substituents is 2. The van der Waals surface area contributed by atoms with Crippen molar-refractivity contribution < 1.29 is 14.6 Å². The van der Waals surface area contributed by atoms with Crippen molar-refractivity contribution in [2.24, 2.45) is 0 Å². The summed E-state index contributed by atoms with van der Waals surface area (Å²) in [6.45, 7) is 3.64. The van der Waals surface area contributed by atoms with E-state index < -0.39 is 20.6 Å². The van der Waals surface area contributed by atoms with E-state index in [0.717, 1.165) is 0 Å². The van der Waals surface area contributed by atoms with Crippen molar-refractivity contribution in [3.8, 4) is 11.5 Å². The summed E-state index contributed by atoms with van der Waals surface area (Å²) in [5, 5.41) is 21.3. The first-order valence-electron chi connectivity index (χ1n) is 8.31. The lowest BCUT2D eigenvalue weighted by Crippen LogP contribution is -2.00. The van der Waals surface area contributed by atoms with Crippen LogP contribution in [0.3, 0.4) is 0 Å². The maximum Gasteiger partial charge on any atom is 0.274 e. The molecule has 0 radical (unpaired) electrons. The number of hydrogen-bond acceptors (Lipinski definition) is 5. The maximum atomic E-state index is 11.2. The molecule has 27 heavy (non-hydrogen) atoms. The van der Waals surface area contributed by atoms with Gasteiger partial charge in [0.15, 0.2) is 0 Å². The molecule has 144 valence electrons. The zero-order chi connectivity index (χ0) is 20.1. The van der Waals surface area contributed by atoms with Gasteiger partial charge in [0.2, 0.25) is 0 Å². The Morgan fingerprint density at radius 2 is 1.22 bits per heavy atom. The third-order valence-electron chi connectivity index (χ3n) is 4.02. The molecule has 0 N–H and O–H groups in total. The minimum absolute atomic E-state index is 0.0830. The highest BCUT2D eigenvalue weighted by Crippen LogP contribution is 2.38. The first kappa shape index (κ1) is 20.9. The fourth-order valence-corrected chi connectivity index (χ4v) is 2.95. The highest BCUT2D eigenvalue weighted by Gasteiger charge is 2.22. The molecule has 0 aromatic heterocycles. The summed E-state index contributed by atoms with van der Waals surface area (Å²) >= 11 is 12.4. The van der Waals surface area contributed by atoms with Gasteiger partial charge in [-0.15, -0.1) is 23.2 Å². The highest BCUT2D eigenvalue weighted by molar-refractivity contribution is 6.21. The zero-order valence-electron chi connectivity index (χ0n) is 14.7. The summed E-state index contributed by atoms with van der Waals surface area (Å²) in [6.07, 6.45) is 1.02. The molecule has 2 rings (SSSR count). The minimum atomic E-state index is -0.534. The molecule has 0 fully saturated rings. The molecule has 2 aromatic carbocycles. The average Bonchev–Trinajstić information content (AvgIpc) is 2.66. The number of nitrogens with zero attached hydrogens (tertiary/aromatic N) is 2. The van der Waals surface area contributed by atoms with E-state index >= 15 is 0 Å². The monoisotopic (exact) mass is 412 g/mol. The van der Waals surface area contributed by atoms with E-state index in [1.165, 1.54) is 36.4 Å². The molecule has 0 saturated heterocycles. The van der Waals surface area contributed by atoms with E-state index in [4.69, 9.17) is 27.9 Å². The fraction of sp³-hybridized carbons (Fsp3) is 0.333. The van der Waals surface area contributed by atoms with Gasteiger partial charge in [-0.1, -0.05) is 13.8 Å². The van der Waals surface area contributed by atoms with E-state index in [-0.39, 0.29) is 11.4 Å². The van der Waals surface area contributed by atoms with Gasteiger partial charge in [-0.25, -0.2) is 0 Å². The van der Waals surface area contributed by atoms with Crippen LogP contribution < -0.4 is 4.74 Å². The normalized spacial score (nSPS) is 13.0. The van der Waals surface area contributed by atoms with Gasteiger partial charge in [0.1, 0.15) is 11.5 Å². The van der Waals surface area contributed by atoms with Crippen LogP contribution in [0.15, 0.2) is 36.4 Å². The Kier molecular flexibility index (Phi) is 6.98. The Hall–Kier alpha value is -2.38. The molecule has 0 aliphatic heterocycles. The molecular formula is C18H18Cl2N2O5. The van der Waals surface area contributed by atoms with Crippen LogP contribution in [0.25, 0.3) is 0 Å². The quantitative estimate of drug-likeness (QED) is 0.273. The molecule has 2 unspecified atom stereocenters. The number of benzene rings is 2. The standard InChI is InChI=1S/C18H18Cl2N2O5/c1-3-15(19)13-9-11(5-7-17(13)21(23)24)27-12-6-8-18(22(25)26)14(10-12)16(20)4-2/h5-10,15-16H,3-4H2,1-2H3. The van der Waals surface area contributed by atoms with Gasteiger partial charge in [-0.2, -0.15) is 0 Å². The molecule has 2 aromatic rings. The lowest BCUT2D eigenvalue weighted by Gasteiger charge is -2.13. The molecule has 0 aliphatic carbocycles. The number of alkyl halides is 2. The minimum Gasteiger partial charge on any atom is -0.457 e. The van der Waals surface area contributed by atoms with Gasteiger partial charge in [0, 0.05) is 12.1 Å². The second kappa shape index (κ2) is 9.01. The number of nitro groups is 2. The number of halogens is 2. The van der Waals surface area contributed by atoms with Gasteiger partial charge < -0.3 is 4.74 Å². The molecule has 9 heteroatoms. The maximum absolute atomic E-state index is 11.2. The van der Waals surface area contributed by atoms with Crippen molar-refractivity contribution in [2.45, 2.75) is 37.4 Å². The Labute approximate surface area is 166 Å². The van der Waals surface area contributed by atoms with E-state index in [1.54, 1.807) is 0 Å². The summed E-state index contributed by atoms with van der Waals surface area (Å²) in [7, 11) is 0. The molecule has 7 nitrogen and oxygen atoms in total. The average molecular weight is 413 g/mol. The van der Waals surface area contributed by atoms with Crippen molar-refractivity contribution in [3.05, 3.63) is 67.8 Å². The fourth-order valence-electron chi connectivity index (χ4n) is 2.60. The molecule has 0 bridgehead atoms. The van der Waals surface area contributed by atoms with E-state index in [9.17, 15) is 20.2 Å². The van der Waals surface area contributed by atoms with Gasteiger partial charge >= 0.3 is 0 Å². The lowest BCUT2D eigenvalue weighted by molar-refractivity contribution is -0.385. The van der Waals surface area contributed by atoms with E-state index in [0.29, 0.717) is 35.5 Å². The number of hydrogen-bond donors (Lipinski definition) is 0.